The predicted molar refractivity (Wildman–Crippen MR) is 94.0 cm³/mol. The van der Waals surface area contributed by atoms with Crippen molar-refractivity contribution in [3.8, 4) is 0 Å². The molecule has 0 fully saturated rings. The standard InChI is InChI=1S/C17H23Br2N/c1-2-20-17(13-8-6-4-3-5-7-9-13)14-10-15(18)12-16(19)11-14/h8,10-12,17,20H,2-7,9H2,1H3/b13-8+. The first-order chi connectivity index (χ1) is 9.70. The summed E-state index contributed by atoms with van der Waals surface area (Å²) in [5, 5.41) is 3.66. The van der Waals surface area contributed by atoms with Crippen LogP contribution < -0.4 is 5.32 Å². The van der Waals surface area contributed by atoms with Gasteiger partial charge < -0.3 is 5.32 Å². The van der Waals surface area contributed by atoms with Gasteiger partial charge in [-0.25, -0.2) is 0 Å². The quantitative estimate of drug-likeness (QED) is 0.598. The van der Waals surface area contributed by atoms with Crippen molar-refractivity contribution in [2.24, 2.45) is 0 Å². The van der Waals surface area contributed by atoms with Gasteiger partial charge in [0.25, 0.3) is 0 Å². The van der Waals surface area contributed by atoms with Crippen LogP contribution in [-0.2, 0) is 0 Å². The summed E-state index contributed by atoms with van der Waals surface area (Å²) in [7, 11) is 0. The molecule has 0 spiro atoms. The predicted octanol–water partition coefficient (Wildman–Crippen LogP) is 6.14. The summed E-state index contributed by atoms with van der Waals surface area (Å²) in [5.74, 6) is 0. The molecule has 1 atom stereocenters. The monoisotopic (exact) mass is 399 g/mol. The first kappa shape index (κ1) is 16.3. The van der Waals surface area contributed by atoms with E-state index in [9.17, 15) is 0 Å². The maximum Gasteiger partial charge on any atom is 0.0536 e. The molecule has 3 heteroatoms. The van der Waals surface area contributed by atoms with Crippen LogP contribution in [0.2, 0.25) is 0 Å². The number of hydrogen-bond acceptors (Lipinski definition) is 1. The molecule has 1 aliphatic rings. The Kier molecular flexibility index (Phi) is 6.79. The molecule has 1 aromatic carbocycles. The van der Waals surface area contributed by atoms with Crippen molar-refractivity contribution in [2.75, 3.05) is 6.54 Å². The summed E-state index contributed by atoms with van der Waals surface area (Å²) < 4.78 is 2.27. The fourth-order valence-electron chi connectivity index (χ4n) is 2.89. The van der Waals surface area contributed by atoms with Crippen LogP contribution in [0.1, 0.15) is 57.1 Å². The third-order valence-electron chi connectivity index (χ3n) is 3.82. The molecular formula is C17H23Br2N. The van der Waals surface area contributed by atoms with Gasteiger partial charge >= 0.3 is 0 Å². The zero-order chi connectivity index (χ0) is 14.4. The summed E-state index contributed by atoms with van der Waals surface area (Å²) in [6, 6.07) is 6.92. The van der Waals surface area contributed by atoms with Gasteiger partial charge in [-0.2, -0.15) is 0 Å². The van der Waals surface area contributed by atoms with Gasteiger partial charge in [0, 0.05) is 8.95 Å². The number of nitrogens with one attached hydrogen (secondary N) is 1. The van der Waals surface area contributed by atoms with Crippen molar-refractivity contribution < 1.29 is 0 Å². The SMILES string of the molecule is CCNC(/C1=C/CCCCCC1)c1cc(Br)cc(Br)c1. The Morgan fingerprint density at radius 1 is 1.05 bits per heavy atom. The summed E-state index contributed by atoms with van der Waals surface area (Å²) in [4.78, 5) is 0. The van der Waals surface area contributed by atoms with Crippen molar-refractivity contribution >= 4 is 31.9 Å². The van der Waals surface area contributed by atoms with E-state index < -0.39 is 0 Å². The lowest BCUT2D eigenvalue weighted by molar-refractivity contribution is 0.553. The van der Waals surface area contributed by atoms with Gasteiger partial charge in [-0.1, -0.05) is 63.3 Å². The molecule has 0 radical (unpaired) electrons. The lowest BCUT2D eigenvalue weighted by Crippen LogP contribution is -2.23. The Bertz CT molecular complexity index is 448. The second-order valence-corrected chi connectivity index (χ2v) is 7.26. The van der Waals surface area contributed by atoms with E-state index in [0.717, 1.165) is 15.5 Å². The third kappa shape index (κ3) is 4.71. The first-order valence-corrected chi connectivity index (χ1v) is 9.17. The highest BCUT2D eigenvalue weighted by molar-refractivity contribution is 9.11. The largest absolute Gasteiger partial charge is 0.307 e. The molecule has 0 heterocycles. The van der Waals surface area contributed by atoms with E-state index in [0.29, 0.717) is 6.04 Å². The molecule has 0 aromatic heterocycles. The summed E-state index contributed by atoms with van der Waals surface area (Å²) in [5.41, 5.74) is 2.91. The highest BCUT2D eigenvalue weighted by Crippen LogP contribution is 2.32. The summed E-state index contributed by atoms with van der Waals surface area (Å²) in [6.07, 6.45) is 10.3. The molecule has 110 valence electrons. The summed E-state index contributed by atoms with van der Waals surface area (Å²) >= 11 is 7.21. The van der Waals surface area contributed by atoms with Crippen LogP contribution in [0.3, 0.4) is 0 Å². The van der Waals surface area contributed by atoms with Crippen molar-refractivity contribution in [2.45, 2.75) is 51.5 Å². The van der Waals surface area contributed by atoms with E-state index in [1.165, 1.54) is 44.1 Å². The smallest absolute Gasteiger partial charge is 0.0536 e. The average Bonchev–Trinajstić information content (AvgIpc) is 2.35. The number of rotatable bonds is 4. The number of hydrogen-bond donors (Lipinski definition) is 1. The molecule has 1 aromatic rings. The van der Waals surface area contributed by atoms with Crippen LogP contribution in [-0.4, -0.2) is 6.54 Å². The normalized spacial score (nSPS) is 20.6. The summed E-state index contributed by atoms with van der Waals surface area (Å²) in [6.45, 7) is 3.18. The van der Waals surface area contributed by atoms with Gasteiger partial charge in [0.2, 0.25) is 0 Å². The molecule has 20 heavy (non-hydrogen) atoms. The first-order valence-electron chi connectivity index (χ1n) is 7.59. The van der Waals surface area contributed by atoms with E-state index in [2.05, 4.69) is 68.4 Å². The lowest BCUT2D eigenvalue weighted by atomic mass is 9.91. The van der Waals surface area contributed by atoms with E-state index >= 15 is 0 Å². The second kappa shape index (κ2) is 8.35. The molecular weight excluding hydrogens is 378 g/mol. The Balaban J connectivity index is 2.28. The Morgan fingerprint density at radius 3 is 2.45 bits per heavy atom. The third-order valence-corrected chi connectivity index (χ3v) is 4.74. The van der Waals surface area contributed by atoms with E-state index in [1.54, 1.807) is 5.57 Å². The van der Waals surface area contributed by atoms with Gasteiger partial charge in [-0.15, -0.1) is 0 Å². The molecule has 1 N–H and O–H groups in total. The minimum atomic E-state index is 0.354. The minimum Gasteiger partial charge on any atom is -0.307 e. The van der Waals surface area contributed by atoms with Crippen molar-refractivity contribution in [3.63, 3.8) is 0 Å². The zero-order valence-corrected chi connectivity index (χ0v) is 15.3. The molecule has 1 unspecified atom stereocenters. The Morgan fingerprint density at radius 2 is 1.75 bits per heavy atom. The fraction of sp³-hybridized carbons (Fsp3) is 0.529. The van der Waals surface area contributed by atoms with E-state index in [-0.39, 0.29) is 0 Å². The molecule has 2 rings (SSSR count). The second-order valence-electron chi connectivity index (χ2n) is 5.43. The molecule has 0 bridgehead atoms. The van der Waals surface area contributed by atoms with E-state index in [4.69, 9.17) is 0 Å². The van der Waals surface area contributed by atoms with Crippen molar-refractivity contribution in [1.82, 2.24) is 5.32 Å². The van der Waals surface area contributed by atoms with Gasteiger partial charge in [0.15, 0.2) is 0 Å². The van der Waals surface area contributed by atoms with Gasteiger partial charge in [-0.05, 0) is 56.0 Å². The molecule has 1 nitrogen and oxygen atoms in total. The fourth-order valence-corrected chi connectivity index (χ4v) is 4.22. The zero-order valence-electron chi connectivity index (χ0n) is 12.1. The Hall–Kier alpha value is -0.120. The Labute approximate surface area is 139 Å². The number of likely N-dealkylation sites (N-methyl/N-ethyl adjacent to an activating group) is 1. The highest BCUT2D eigenvalue weighted by atomic mass is 79.9. The molecule has 0 saturated heterocycles. The van der Waals surface area contributed by atoms with Crippen molar-refractivity contribution in [1.29, 1.82) is 0 Å². The van der Waals surface area contributed by atoms with E-state index in [1.807, 2.05) is 0 Å². The maximum atomic E-state index is 3.66. The van der Waals surface area contributed by atoms with Crippen LogP contribution in [0.4, 0.5) is 0 Å². The molecule has 0 aliphatic heterocycles. The number of halogens is 2. The maximum absolute atomic E-state index is 3.66. The molecule has 0 saturated carbocycles. The molecule has 1 aliphatic carbocycles. The van der Waals surface area contributed by atoms with Gasteiger partial charge in [0.1, 0.15) is 0 Å². The number of benzene rings is 1. The van der Waals surface area contributed by atoms with Crippen LogP contribution in [0, 0.1) is 0 Å². The lowest BCUT2D eigenvalue weighted by Gasteiger charge is -2.24. The van der Waals surface area contributed by atoms with Gasteiger partial charge in [-0.3, -0.25) is 0 Å². The van der Waals surface area contributed by atoms with Crippen LogP contribution >= 0.6 is 31.9 Å². The topological polar surface area (TPSA) is 12.0 Å². The van der Waals surface area contributed by atoms with Gasteiger partial charge in [0.05, 0.1) is 6.04 Å². The van der Waals surface area contributed by atoms with Crippen LogP contribution in [0.5, 0.6) is 0 Å². The highest BCUT2D eigenvalue weighted by Gasteiger charge is 2.17. The minimum absolute atomic E-state index is 0.354. The van der Waals surface area contributed by atoms with Crippen LogP contribution in [0.25, 0.3) is 0 Å². The van der Waals surface area contributed by atoms with Crippen LogP contribution in [0.15, 0.2) is 38.8 Å². The molecule has 0 amide bonds. The van der Waals surface area contributed by atoms with Crippen molar-refractivity contribution in [3.05, 3.63) is 44.4 Å². The average molecular weight is 401 g/mol. The number of allylic oxidation sites excluding steroid dienone is 1.